The number of nitrogens with one attached hydrogen (secondary N) is 2. The Hall–Kier alpha value is -0.750. The molecule has 1 aromatic heterocycles. The number of rotatable bonds is 10. The Kier molecular flexibility index (Phi) is 8.11. The Morgan fingerprint density at radius 3 is 2.52 bits per heavy atom. The van der Waals surface area contributed by atoms with E-state index in [-0.39, 0.29) is 11.7 Å². The molecule has 0 aliphatic rings. The van der Waals surface area contributed by atoms with E-state index in [1.54, 1.807) is 16.3 Å². The van der Waals surface area contributed by atoms with E-state index in [1.807, 2.05) is 13.8 Å². The van der Waals surface area contributed by atoms with Gasteiger partial charge in [-0.2, -0.15) is 0 Å². The molecule has 5 nitrogen and oxygen atoms in total. The molecule has 0 spiro atoms. The van der Waals surface area contributed by atoms with E-state index in [0.29, 0.717) is 11.3 Å². The third-order valence-corrected chi connectivity index (χ3v) is 5.02. The van der Waals surface area contributed by atoms with E-state index in [0.717, 1.165) is 37.4 Å². The van der Waals surface area contributed by atoms with Crippen molar-refractivity contribution in [3.8, 4) is 0 Å². The fourth-order valence-electron chi connectivity index (χ4n) is 2.47. The molecule has 0 aliphatic carbocycles. The van der Waals surface area contributed by atoms with Gasteiger partial charge in [-0.3, -0.25) is 4.57 Å². The smallest absolute Gasteiger partial charge is 0.313 e. The highest BCUT2D eigenvalue weighted by Crippen LogP contribution is 2.28. The SMILES string of the molecule is CCCNC(CCC)C(CC)Sc1n[nH]c(=O)n1C(C)C. The molecule has 0 bridgehead atoms. The number of nitrogens with zero attached hydrogens (tertiary/aromatic N) is 2. The molecule has 0 aromatic carbocycles. The predicted octanol–water partition coefficient (Wildman–Crippen LogP) is 3.19. The van der Waals surface area contributed by atoms with Gasteiger partial charge in [0.1, 0.15) is 0 Å². The highest BCUT2D eigenvalue weighted by atomic mass is 32.2. The lowest BCUT2D eigenvalue weighted by Crippen LogP contribution is -2.38. The zero-order chi connectivity index (χ0) is 15.8. The number of hydrogen-bond donors (Lipinski definition) is 2. The van der Waals surface area contributed by atoms with Gasteiger partial charge in [0.15, 0.2) is 5.16 Å². The van der Waals surface area contributed by atoms with Crippen LogP contribution < -0.4 is 11.0 Å². The highest BCUT2D eigenvalue weighted by Gasteiger charge is 2.23. The fourth-order valence-corrected chi connectivity index (χ4v) is 3.81. The molecule has 122 valence electrons. The Bertz CT molecular complexity index is 455. The van der Waals surface area contributed by atoms with Crippen molar-refractivity contribution < 1.29 is 0 Å². The van der Waals surface area contributed by atoms with Gasteiger partial charge in [-0.25, -0.2) is 9.89 Å². The fraction of sp³-hybridized carbons (Fsp3) is 0.867. The van der Waals surface area contributed by atoms with Gasteiger partial charge in [0, 0.05) is 17.3 Å². The van der Waals surface area contributed by atoms with Crippen LogP contribution in [0.15, 0.2) is 9.95 Å². The van der Waals surface area contributed by atoms with Crippen LogP contribution in [0.1, 0.15) is 66.3 Å². The van der Waals surface area contributed by atoms with Gasteiger partial charge < -0.3 is 5.32 Å². The summed E-state index contributed by atoms with van der Waals surface area (Å²) in [6.45, 7) is 11.7. The molecule has 2 N–H and O–H groups in total. The van der Waals surface area contributed by atoms with E-state index < -0.39 is 0 Å². The second-order valence-corrected chi connectivity index (χ2v) is 6.90. The summed E-state index contributed by atoms with van der Waals surface area (Å²) in [6.07, 6.45) is 4.52. The molecule has 2 unspecified atom stereocenters. The van der Waals surface area contributed by atoms with Crippen molar-refractivity contribution in [1.29, 1.82) is 0 Å². The average Bonchev–Trinajstić information content (AvgIpc) is 2.82. The molecule has 0 aliphatic heterocycles. The molecule has 6 heteroatoms. The van der Waals surface area contributed by atoms with Gasteiger partial charge in [0.25, 0.3) is 0 Å². The lowest BCUT2D eigenvalue weighted by Gasteiger charge is -2.26. The summed E-state index contributed by atoms with van der Waals surface area (Å²) in [7, 11) is 0. The number of hydrogen-bond acceptors (Lipinski definition) is 4. The Morgan fingerprint density at radius 2 is 2.00 bits per heavy atom. The van der Waals surface area contributed by atoms with Crippen LogP contribution in [0, 0.1) is 0 Å². The van der Waals surface area contributed by atoms with Crippen molar-refractivity contribution in [3.63, 3.8) is 0 Å². The average molecular weight is 314 g/mol. The maximum atomic E-state index is 11.8. The first-order valence-corrected chi connectivity index (χ1v) is 8.99. The molecular formula is C15H30N4OS. The number of H-pyrrole nitrogens is 1. The largest absolute Gasteiger partial charge is 0.344 e. The van der Waals surface area contributed by atoms with Crippen LogP contribution in [0.2, 0.25) is 0 Å². The molecule has 0 fully saturated rings. The Labute approximate surface area is 132 Å². The van der Waals surface area contributed by atoms with E-state index in [4.69, 9.17) is 0 Å². The molecule has 1 heterocycles. The van der Waals surface area contributed by atoms with E-state index in [2.05, 4.69) is 36.3 Å². The second-order valence-electron chi connectivity index (χ2n) is 5.69. The normalized spacial score (nSPS) is 14.6. The molecule has 1 rings (SSSR count). The summed E-state index contributed by atoms with van der Waals surface area (Å²) < 4.78 is 1.75. The number of thioether (sulfide) groups is 1. The zero-order valence-corrected chi connectivity index (χ0v) is 14.8. The van der Waals surface area contributed by atoms with Gasteiger partial charge in [0.05, 0.1) is 0 Å². The Balaban J connectivity index is 2.86. The monoisotopic (exact) mass is 314 g/mol. The number of aromatic nitrogens is 3. The quantitative estimate of drug-likeness (QED) is 0.651. The summed E-state index contributed by atoms with van der Waals surface area (Å²) >= 11 is 1.72. The minimum atomic E-state index is -0.115. The van der Waals surface area contributed by atoms with Crippen molar-refractivity contribution in [1.82, 2.24) is 20.1 Å². The topological polar surface area (TPSA) is 62.7 Å². The molecule has 0 saturated heterocycles. The van der Waals surface area contributed by atoms with E-state index in [1.165, 1.54) is 0 Å². The van der Waals surface area contributed by atoms with Crippen molar-refractivity contribution >= 4 is 11.8 Å². The first kappa shape index (κ1) is 18.3. The maximum absolute atomic E-state index is 11.8. The predicted molar refractivity (Wildman–Crippen MR) is 90.2 cm³/mol. The molecular weight excluding hydrogens is 284 g/mol. The summed E-state index contributed by atoms with van der Waals surface area (Å²) in [4.78, 5) is 11.8. The summed E-state index contributed by atoms with van der Waals surface area (Å²) in [5.74, 6) is 0. The van der Waals surface area contributed by atoms with Crippen molar-refractivity contribution in [2.75, 3.05) is 6.54 Å². The lowest BCUT2D eigenvalue weighted by atomic mass is 10.1. The summed E-state index contributed by atoms with van der Waals surface area (Å²) in [6, 6.07) is 0.599. The van der Waals surface area contributed by atoms with Gasteiger partial charge >= 0.3 is 5.69 Å². The van der Waals surface area contributed by atoms with Crippen LogP contribution in [0.5, 0.6) is 0 Å². The molecule has 0 saturated carbocycles. The third-order valence-electron chi connectivity index (χ3n) is 3.55. The third kappa shape index (κ3) is 5.18. The second kappa shape index (κ2) is 9.30. The lowest BCUT2D eigenvalue weighted by molar-refractivity contribution is 0.452. The number of aromatic amines is 1. The molecule has 0 radical (unpaired) electrons. The first-order chi connectivity index (χ1) is 10.0. The minimum absolute atomic E-state index is 0.115. The maximum Gasteiger partial charge on any atom is 0.344 e. The van der Waals surface area contributed by atoms with Crippen LogP contribution >= 0.6 is 11.8 Å². The molecule has 2 atom stereocenters. The van der Waals surface area contributed by atoms with Gasteiger partial charge in [0.2, 0.25) is 0 Å². The first-order valence-electron chi connectivity index (χ1n) is 8.11. The molecule has 1 aromatic rings. The summed E-state index contributed by atoms with van der Waals surface area (Å²) in [5.41, 5.74) is -0.115. The van der Waals surface area contributed by atoms with Crippen LogP contribution in [-0.4, -0.2) is 32.6 Å². The van der Waals surface area contributed by atoms with Crippen molar-refractivity contribution in [2.24, 2.45) is 0 Å². The molecule has 0 amide bonds. The highest BCUT2D eigenvalue weighted by molar-refractivity contribution is 7.99. The van der Waals surface area contributed by atoms with Crippen LogP contribution in [0.3, 0.4) is 0 Å². The van der Waals surface area contributed by atoms with Crippen molar-refractivity contribution in [2.45, 2.75) is 82.8 Å². The van der Waals surface area contributed by atoms with Crippen LogP contribution in [0.25, 0.3) is 0 Å². The minimum Gasteiger partial charge on any atom is -0.313 e. The standard InChI is InChI=1S/C15H30N4OS/c1-6-9-12(16-10-7-2)13(8-3)21-15-18-17-14(20)19(15)11(4)5/h11-13,16H,6-10H2,1-5H3,(H,17,20). The summed E-state index contributed by atoms with van der Waals surface area (Å²) in [5, 5.41) is 11.7. The molecule has 21 heavy (non-hydrogen) atoms. The Morgan fingerprint density at radius 1 is 1.29 bits per heavy atom. The zero-order valence-electron chi connectivity index (χ0n) is 14.0. The van der Waals surface area contributed by atoms with Gasteiger partial charge in [-0.05, 0) is 39.7 Å². The van der Waals surface area contributed by atoms with Crippen LogP contribution in [0.4, 0.5) is 0 Å². The van der Waals surface area contributed by atoms with E-state index in [9.17, 15) is 4.79 Å². The van der Waals surface area contributed by atoms with E-state index >= 15 is 0 Å². The van der Waals surface area contributed by atoms with Gasteiger partial charge in [-0.1, -0.05) is 39.0 Å². The van der Waals surface area contributed by atoms with Gasteiger partial charge in [-0.15, -0.1) is 5.10 Å². The van der Waals surface area contributed by atoms with Crippen LogP contribution in [-0.2, 0) is 0 Å². The van der Waals surface area contributed by atoms with Crippen molar-refractivity contribution in [3.05, 3.63) is 10.5 Å².